The van der Waals surface area contributed by atoms with Crippen LogP contribution in [0.5, 0.6) is 0 Å². The number of carbonyl (C=O) groups excluding carboxylic acids is 2. The minimum Gasteiger partial charge on any atom is -0.348 e. The second-order valence-electron chi connectivity index (χ2n) is 7.16. The number of nitrogens with zero attached hydrogens (tertiary/aromatic N) is 4. The summed E-state index contributed by atoms with van der Waals surface area (Å²) in [7, 11) is 3.42. The van der Waals surface area contributed by atoms with Gasteiger partial charge in [0.1, 0.15) is 6.54 Å². The third-order valence-electron chi connectivity index (χ3n) is 5.20. The molecule has 6 heteroatoms. The first-order valence-electron chi connectivity index (χ1n) is 9.40. The number of likely N-dealkylation sites (N-methyl/N-ethyl adjacent to an activating group) is 1. The van der Waals surface area contributed by atoms with Crippen molar-refractivity contribution in [3.63, 3.8) is 0 Å². The maximum atomic E-state index is 13.2. The second-order valence-corrected chi connectivity index (χ2v) is 7.16. The number of benzene rings is 1. The number of fused-ring (bicyclic) bond motifs is 1. The van der Waals surface area contributed by atoms with Crippen LogP contribution in [0.3, 0.4) is 0 Å². The highest BCUT2D eigenvalue weighted by molar-refractivity contribution is 5.84. The van der Waals surface area contributed by atoms with Crippen LogP contribution in [-0.2, 0) is 11.3 Å². The first-order chi connectivity index (χ1) is 12.9. The monoisotopic (exact) mass is 368 g/mol. The molecule has 0 bridgehead atoms. The molecule has 1 aromatic carbocycles. The van der Waals surface area contributed by atoms with Gasteiger partial charge in [0.05, 0.1) is 6.04 Å². The lowest BCUT2D eigenvalue weighted by molar-refractivity contribution is -0.134. The molecule has 0 saturated heterocycles. The largest absolute Gasteiger partial charge is 0.348 e. The van der Waals surface area contributed by atoms with Gasteiger partial charge in [0.2, 0.25) is 5.91 Å². The minimum atomic E-state index is -0.140. The molecule has 1 aliphatic rings. The summed E-state index contributed by atoms with van der Waals surface area (Å²) in [5.74, 6) is -0.0206. The highest BCUT2D eigenvalue weighted by atomic mass is 16.2. The van der Waals surface area contributed by atoms with Crippen molar-refractivity contribution in [2.45, 2.75) is 26.4 Å². The van der Waals surface area contributed by atoms with Crippen molar-refractivity contribution in [3.05, 3.63) is 59.4 Å². The molecule has 0 saturated carbocycles. The van der Waals surface area contributed by atoms with Gasteiger partial charge in [-0.15, -0.1) is 0 Å². The summed E-state index contributed by atoms with van der Waals surface area (Å²) in [6, 6.07) is 12.0. The summed E-state index contributed by atoms with van der Waals surface area (Å²) in [6.45, 7) is 5.97. The predicted octanol–water partition coefficient (Wildman–Crippen LogP) is 2.73. The van der Waals surface area contributed by atoms with Crippen LogP contribution in [0.25, 0.3) is 0 Å². The number of amides is 3. The van der Waals surface area contributed by atoms with Gasteiger partial charge in [0.25, 0.3) is 0 Å². The van der Waals surface area contributed by atoms with Gasteiger partial charge in [0.15, 0.2) is 0 Å². The maximum absolute atomic E-state index is 13.2. The Kier molecular flexibility index (Phi) is 5.54. The van der Waals surface area contributed by atoms with E-state index in [0.717, 1.165) is 23.4 Å². The van der Waals surface area contributed by atoms with E-state index in [4.69, 9.17) is 0 Å². The van der Waals surface area contributed by atoms with Gasteiger partial charge in [-0.2, -0.15) is 0 Å². The molecular formula is C21H28N4O2. The van der Waals surface area contributed by atoms with Crippen molar-refractivity contribution < 1.29 is 9.59 Å². The predicted molar refractivity (Wildman–Crippen MR) is 105 cm³/mol. The van der Waals surface area contributed by atoms with Crippen LogP contribution in [0.2, 0.25) is 0 Å². The molecule has 2 heterocycles. The Morgan fingerprint density at radius 3 is 2.52 bits per heavy atom. The molecular weight excluding hydrogens is 340 g/mol. The molecule has 1 aliphatic heterocycles. The Hall–Kier alpha value is -2.76. The molecule has 3 rings (SSSR count). The molecule has 0 spiro atoms. The highest BCUT2D eigenvalue weighted by Gasteiger charge is 2.33. The van der Waals surface area contributed by atoms with Crippen molar-refractivity contribution in [1.82, 2.24) is 19.3 Å². The van der Waals surface area contributed by atoms with Crippen LogP contribution in [0.4, 0.5) is 4.79 Å². The first-order valence-corrected chi connectivity index (χ1v) is 9.40. The van der Waals surface area contributed by atoms with E-state index < -0.39 is 0 Å². The van der Waals surface area contributed by atoms with E-state index in [2.05, 4.69) is 35.9 Å². The minimum absolute atomic E-state index is 0.0206. The van der Waals surface area contributed by atoms with E-state index in [1.165, 1.54) is 4.90 Å². The van der Waals surface area contributed by atoms with Crippen LogP contribution in [0, 0.1) is 6.92 Å². The fraction of sp³-hybridized carbons (Fsp3) is 0.429. The standard InChI is InChI=1S/C21H28N4O2/c1-5-23(21(27)22(3)4)15-19(26)25-14-13-24-12-8-11-18(24)20(25)17-10-7-6-9-16(17)2/h6-12,20H,5,13-15H2,1-4H3/t20-/m0/s1. The fourth-order valence-electron chi connectivity index (χ4n) is 3.72. The van der Waals surface area contributed by atoms with E-state index in [9.17, 15) is 9.59 Å². The molecule has 0 unspecified atom stereocenters. The summed E-state index contributed by atoms with van der Waals surface area (Å²) in [5, 5.41) is 0. The van der Waals surface area contributed by atoms with Crippen LogP contribution in [0.1, 0.15) is 29.8 Å². The normalized spacial score (nSPS) is 16.0. The lowest BCUT2D eigenvalue weighted by atomic mass is 9.95. The third-order valence-corrected chi connectivity index (χ3v) is 5.20. The molecule has 27 heavy (non-hydrogen) atoms. The maximum Gasteiger partial charge on any atom is 0.319 e. The second kappa shape index (κ2) is 7.86. The quantitative estimate of drug-likeness (QED) is 0.833. The van der Waals surface area contributed by atoms with Crippen LogP contribution < -0.4 is 0 Å². The molecule has 0 fully saturated rings. The summed E-state index contributed by atoms with van der Waals surface area (Å²) >= 11 is 0. The van der Waals surface area contributed by atoms with E-state index >= 15 is 0 Å². The van der Waals surface area contributed by atoms with Crippen molar-refractivity contribution in [2.24, 2.45) is 0 Å². The van der Waals surface area contributed by atoms with Crippen molar-refractivity contribution in [3.8, 4) is 0 Å². The van der Waals surface area contributed by atoms with Gasteiger partial charge >= 0.3 is 6.03 Å². The van der Waals surface area contributed by atoms with Gasteiger partial charge in [-0.05, 0) is 37.1 Å². The molecule has 0 aliphatic carbocycles. The number of carbonyl (C=O) groups is 2. The lowest BCUT2D eigenvalue weighted by Gasteiger charge is -2.39. The fourth-order valence-corrected chi connectivity index (χ4v) is 3.72. The molecule has 1 aromatic heterocycles. The molecule has 6 nitrogen and oxygen atoms in total. The molecule has 3 amide bonds. The number of aryl methyl sites for hydroxylation is 1. The summed E-state index contributed by atoms with van der Waals surface area (Å²) in [6.07, 6.45) is 2.07. The summed E-state index contributed by atoms with van der Waals surface area (Å²) in [5.41, 5.74) is 3.41. The smallest absolute Gasteiger partial charge is 0.319 e. The lowest BCUT2D eigenvalue weighted by Crippen LogP contribution is -2.49. The van der Waals surface area contributed by atoms with Gasteiger partial charge in [-0.25, -0.2) is 4.79 Å². The van der Waals surface area contributed by atoms with Crippen molar-refractivity contribution in [1.29, 1.82) is 0 Å². The molecule has 2 aromatic rings. The highest BCUT2D eigenvalue weighted by Crippen LogP contribution is 2.34. The van der Waals surface area contributed by atoms with Crippen molar-refractivity contribution in [2.75, 3.05) is 33.7 Å². The molecule has 0 radical (unpaired) electrons. The summed E-state index contributed by atoms with van der Waals surface area (Å²) in [4.78, 5) is 30.6. The Labute approximate surface area is 161 Å². The van der Waals surface area contributed by atoms with Crippen LogP contribution >= 0.6 is 0 Å². The van der Waals surface area contributed by atoms with E-state index in [1.54, 1.807) is 19.0 Å². The third kappa shape index (κ3) is 3.70. The number of hydrogen-bond donors (Lipinski definition) is 0. The Balaban J connectivity index is 1.92. The number of urea groups is 1. The number of hydrogen-bond acceptors (Lipinski definition) is 2. The van der Waals surface area contributed by atoms with E-state index in [1.807, 2.05) is 30.0 Å². The van der Waals surface area contributed by atoms with Crippen LogP contribution in [0.15, 0.2) is 42.6 Å². The molecule has 1 atom stereocenters. The average Bonchev–Trinajstić information content (AvgIpc) is 3.14. The Bertz CT molecular complexity index is 827. The first kappa shape index (κ1) is 19.0. The number of aromatic nitrogens is 1. The molecule has 144 valence electrons. The number of rotatable bonds is 4. The zero-order valence-corrected chi connectivity index (χ0v) is 16.6. The van der Waals surface area contributed by atoms with Crippen molar-refractivity contribution >= 4 is 11.9 Å². The van der Waals surface area contributed by atoms with Crippen LogP contribution in [-0.4, -0.2) is 64.9 Å². The van der Waals surface area contributed by atoms with E-state index in [0.29, 0.717) is 13.1 Å². The van der Waals surface area contributed by atoms with Gasteiger partial charge < -0.3 is 19.3 Å². The zero-order valence-electron chi connectivity index (χ0n) is 16.6. The van der Waals surface area contributed by atoms with E-state index in [-0.39, 0.29) is 24.5 Å². The van der Waals surface area contributed by atoms with Gasteiger partial charge in [-0.3, -0.25) is 4.79 Å². The van der Waals surface area contributed by atoms with Gasteiger partial charge in [0, 0.05) is 45.6 Å². The average molecular weight is 368 g/mol. The SMILES string of the molecule is CCN(CC(=O)N1CCn2cccc2[C@@H]1c1ccccc1C)C(=O)N(C)C. The molecule has 0 N–H and O–H groups in total. The topological polar surface area (TPSA) is 48.8 Å². The Morgan fingerprint density at radius 1 is 1.11 bits per heavy atom. The Morgan fingerprint density at radius 2 is 1.85 bits per heavy atom. The summed E-state index contributed by atoms with van der Waals surface area (Å²) < 4.78 is 2.21. The van der Waals surface area contributed by atoms with Gasteiger partial charge in [-0.1, -0.05) is 24.3 Å². The zero-order chi connectivity index (χ0) is 19.6.